The van der Waals surface area contributed by atoms with Crippen molar-refractivity contribution in [3.05, 3.63) is 28.2 Å². The zero-order valence-corrected chi connectivity index (χ0v) is 12.1. The summed E-state index contributed by atoms with van der Waals surface area (Å²) in [6.45, 7) is 0.653. The predicted molar refractivity (Wildman–Crippen MR) is 74.8 cm³/mol. The molecule has 1 aromatic rings. The minimum Gasteiger partial charge on any atom is -0.330 e. The molecule has 0 aromatic heterocycles. The third-order valence-corrected chi connectivity index (χ3v) is 3.25. The number of nitrogens with two attached hydrogens (primary N) is 1. The second kappa shape index (κ2) is 8.22. The van der Waals surface area contributed by atoms with Crippen molar-refractivity contribution in [2.45, 2.75) is 32.1 Å². The van der Waals surface area contributed by atoms with Crippen LogP contribution in [0, 0.1) is 11.6 Å². The van der Waals surface area contributed by atoms with Crippen molar-refractivity contribution in [2.24, 2.45) is 5.73 Å². The Labute approximate surface area is 119 Å². The van der Waals surface area contributed by atoms with E-state index in [0.717, 1.165) is 37.8 Å². The molecule has 1 rings (SSSR count). The van der Waals surface area contributed by atoms with Crippen LogP contribution in [0.5, 0.6) is 0 Å². The topological polar surface area (TPSA) is 55.1 Å². The molecule has 3 nitrogen and oxygen atoms in total. The Morgan fingerprint density at radius 3 is 2.53 bits per heavy atom. The van der Waals surface area contributed by atoms with Crippen LogP contribution in [0.25, 0.3) is 0 Å². The number of halogens is 3. The molecular weight excluding hydrogens is 318 g/mol. The lowest BCUT2D eigenvalue weighted by Crippen LogP contribution is -2.13. The van der Waals surface area contributed by atoms with Crippen LogP contribution in [0.2, 0.25) is 0 Å². The van der Waals surface area contributed by atoms with Crippen molar-refractivity contribution in [2.75, 3.05) is 11.9 Å². The van der Waals surface area contributed by atoms with Crippen LogP contribution in [-0.2, 0) is 4.79 Å². The number of anilines is 1. The molecular formula is C13H17BrF2N2O. The normalized spacial score (nSPS) is 10.5. The van der Waals surface area contributed by atoms with Gasteiger partial charge in [0, 0.05) is 17.0 Å². The van der Waals surface area contributed by atoms with E-state index in [1.165, 1.54) is 0 Å². The largest absolute Gasteiger partial charge is 0.330 e. The molecule has 0 heterocycles. The van der Waals surface area contributed by atoms with Gasteiger partial charge in [-0.2, -0.15) is 0 Å². The fraction of sp³-hybridized carbons (Fsp3) is 0.462. The van der Waals surface area contributed by atoms with Crippen LogP contribution >= 0.6 is 15.9 Å². The average molecular weight is 335 g/mol. The Bertz CT molecular complexity index is 418. The van der Waals surface area contributed by atoms with Gasteiger partial charge < -0.3 is 11.1 Å². The Balaban J connectivity index is 2.44. The standard InChI is InChI=1S/C13H17BrF2N2O/c14-10-7-9(15)8-11(16)13(10)18-12(19)5-3-1-2-4-6-17/h7-8H,1-6,17H2,(H,18,19). The van der Waals surface area contributed by atoms with Gasteiger partial charge in [0.05, 0.1) is 5.69 Å². The molecule has 6 heteroatoms. The summed E-state index contributed by atoms with van der Waals surface area (Å²) in [6, 6.07) is 1.85. The minimum atomic E-state index is -0.789. The molecule has 3 N–H and O–H groups in total. The maximum atomic E-state index is 13.5. The molecule has 0 radical (unpaired) electrons. The number of benzene rings is 1. The SMILES string of the molecule is NCCCCCCC(=O)Nc1c(F)cc(F)cc1Br. The first-order valence-electron chi connectivity index (χ1n) is 6.19. The van der Waals surface area contributed by atoms with Gasteiger partial charge >= 0.3 is 0 Å². The van der Waals surface area contributed by atoms with Crippen LogP contribution in [0.15, 0.2) is 16.6 Å². The molecule has 0 saturated carbocycles. The third-order valence-electron chi connectivity index (χ3n) is 2.63. The molecule has 19 heavy (non-hydrogen) atoms. The van der Waals surface area contributed by atoms with E-state index in [0.29, 0.717) is 13.0 Å². The van der Waals surface area contributed by atoms with Crippen LogP contribution in [-0.4, -0.2) is 12.5 Å². The van der Waals surface area contributed by atoms with E-state index in [4.69, 9.17) is 5.73 Å². The molecule has 0 aliphatic carbocycles. The molecule has 0 spiro atoms. The van der Waals surface area contributed by atoms with E-state index in [9.17, 15) is 13.6 Å². The summed E-state index contributed by atoms with van der Waals surface area (Å²) in [4.78, 5) is 11.6. The van der Waals surface area contributed by atoms with Crippen molar-refractivity contribution < 1.29 is 13.6 Å². The fourth-order valence-corrected chi connectivity index (χ4v) is 2.15. The van der Waals surface area contributed by atoms with Crippen molar-refractivity contribution >= 4 is 27.5 Å². The van der Waals surface area contributed by atoms with Gasteiger partial charge in [0.2, 0.25) is 5.91 Å². The van der Waals surface area contributed by atoms with E-state index in [1.807, 2.05) is 0 Å². The van der Waals surface area contributed by atoms with Crippen molar-refractivity contribution in [1.29, 1.82) is 0 Å². The molecule has 0 atom stereocenters. The molecule has 1 aromatic carbocycles. The minimum absolute atomic E-state index is 0.0200. The lowest BCUT2D eigenvalue weighted by molar-refractivity contribution is -0.116. The molecule has 0 aliphatic rings. The van der Waals surface area contributed by atoms with Crippen molar-refractivity contribution in [3.8, 4) is 0 Å². The number of amides is 1. The molecule has 0 unspecified atom stereocenters. The zero-order chi connectivity index (χ0) is 14.3. The van der Waals surface area contributed by atoms with Gasteiger partial charge in [-0.05, 0) is 41.4 Å². The number of hydrogen-bond donors (Lipinski definition) is 2. The molecule has 0 aliphatic heterocycles. The first kappa shape index (κ1) is 16.0. The van der Waals surface area contributed by atoms with Crippen LogP contribution in [0.1, 0.15) is 32.1 Å². The molecule has 106 valence electrons. The maximum absolute atomic E-state index is 13.5. The van der Waals surface area contributed by atoms with Gasteiger partial charge in [-0.3, -0.25) is 4.79 Å². The third kappa shape index (κ3) is 5.65. The highest BCUT2D eigenvalue weighted by molar-refractivity contribution is 9.10. The number of nitrogens with one attached hydrogen (secondary N) is 1. The summed E-state index contributed by atoms with van der Waals surface area (Å²) in [5.74, 6) is -1.76. The van der Waals surface area contributed by atoms with Crippen LogP contribution in [0.4, 0.5) is 14.5 Å². The van der Waals surface area contributed by atoms with E-state index in [2.05, 4.69) is 21.2 Å². The number of carbonyl (C=O) groups excluding carboxylic acids is 1. The first-order chi connectivity index (χ1) is 9.04. The van der Waals surface area contributed by atoms with E-state index in [-0.39, 0.29) is 16.1 Å². The highest BCUT2D eigenvalue weighted by atomic mass is 79.9. The van der Waals surface area contributed by atoms with Gasteiger partial charge in [0.15, 0.2) is 5.82 Å². The lowest BCUT2D eigenvalue weighted by Gasteiger charge is -2.08. The fourth-order valence-electron chi connectivity index (χ4n) is 1.65. The van der Waals surface area contributed by atoms with Crippen molar-refractivity contribution in [3.63, 3.8) is 0 Å². The Morgan fingerprint density at radius 1 is 1.21 bits per heavy atom. The van der Waals surface area contributed by atoms with Gasteiger partial charge in [-0.15, -0.1) is 0 Å². The van der Waals surface area contributed by atoms with Crippen molar-refractivity contribution in [1.82, 2.24) is 0 Å². The summed E-state index contributed by atoms with van der Waals surface area (Å²) in [5, 5.41) is 2.44. The van der Waals surface area contributed by atoms with Gasteiger partial charge in [-0.1, -0.05) is 12.8 Å². The van der Waals surface area contributed by atoms with Gasteiger partial charge in [-0.25, -0.2) is 8.78 Å². The number of carbonyl (C=O) groups is 1. The van der Waals surface area contributed by atoms with Crippen LogP contribution in [0.3, 0.4) is 0 Å². The summed E-state index contributed by atoms with van der Waals surface area (Å²) in [7, 11) is 0. The summed E-state index contributed by atoms with van der Waals surface area (Å²) in [5.41, 5.74) is 5.34. The Hall–Kier alpha value is -1.01. The summed E-state index contributed by atoms with van der Waals surface area (Å²) in [6.07, 6.45) is 3.88. The van der Waals surface area contributed by atoms with E-state index >= 15 is 0 Å². The maximum Gasteiger partial charge on any atom is 0.224 e. The summed E-state index contributed by atoms with van der Waals surface area (Å²) < 4.78 is 26.5. The van der Waals surface area contributed by atoms with E-state index in [1.54, 1.807) is 0 Å². The van der Waals surface area contributed by atoms with Crippen LogP contribution < -0.4 is 11.1 Å². The lowest BCUT2D eigenvalue weighted by atomic mass is 10.1. The number of unbranched alkanes of at least 4 members (excludes halogenated alkanes) is 3. The average Bonchev–Trinajstić information content (AvgIpc) is 2.33. The molecule has 1 amide bonds. The van der Waals surface area contributed by atoms with Gasteiger partial charge in [0.25, 0.3) is 0 Å². The molecule has 0 saturated heterocycles. The summed E-state index contributed by atoms with van der Waals surface area (Å²) >= 11 is 3.02. The predicted octanol–water partition coefficient (Wildman–Crippen LogP) is 3.58. The number of rotatable bonds is 7. The zero-order valence-electron chi connectivity index (χ0n) is 10.5. The molecule has 0 fully saturated rings. The smallest absolute Gasteiger partial charge is 0.224 e. The number of hydrogen-bond acceptors (Lipinski definition) is 2. The Kier molecular flexibility index (Phi) is 6.94. The Morgan fingerprint density at radius 2 is 1.89 bits per heavy atom. The quantitative estimate of drug-likeness (QED) is 0.749. The monoisotopic (exact) mass is 334 g/mol. The van der Waals surface area contributed by atoms with Gasteiger partial charge in [0.1, 0.15) is 5.82 Å². The second-order valence-electron chi connectivity index (χ2n) is 4.25. The first-order valence-corrected chi connectivity index (χ1v) is 6.98. The highest BCUT2D eigenvalue weighted by Crippen LogP contribution is 2.27. The van der Waals surface area contributed by atoms with E-state index < -0.39 is 11.6 Å². The second-order valence-corrected chi connectivity index (χ2v) is 5.10. The molecule has 0 bridgehead atoms. The highest BCUT2D eigenvalue weighted by Gasteiger charge is 2.12.